The van der Waals surface area contributed by atoms with E-state index in [1.54, 1.807) is 24.2 Å². The highest BCUT2D eigenvalue weighted by molar-refractivity contribution is 5.82. The normalized spacial score (nSPS) is 18.7. The molecule has 1 saturated carbocycles. The lowest BCUT2D eigenvalue weighted by Gasteiger charge is -2.12. The number of nitrogens with two attached hydrogens (primary N) is 1. The van der Waals surface area contributed by atoms with Crippen LogP contribution in [0, 0.1) is 5.92 Å². The number of rotatable bonds is 5. The highest BCUT2D eigenvalue weighted by atomic mass is 16.5. The summed E-state index contributed by atoms with van der Waals surface area (Å²) in [5.41, 5.74) is 8.15. The molecule has 3 N–H and O–H groups in total. The van der Waals surface area contributed by atoms with Gasteiger partial charge in [-0.15, -0.1) is 5.10 Å². The summed E-state index contributed by atoms with van der Waals surface area (Å²) in [6.45, 7) is 0. The molecule has 0 saturated heterocycles. The minimum atomic E-state index is -0.251. The summed E-state index contributed by atoms with van der Waals surface area (Å²) < 4.78 is 6.89. The Hall–Kier alpha value is -3.82. The highest BCUT2D eigenvalue weighted by Crippen LogP contribution is 2.27. The van der Waals surface area contributed by atoms with Crippen molar-refractivity contribution in [3.63, 3.8) is 0 Å². The van der Waals surface area contributed by atoms with Gasteiger partial charge in [0.05, 0.1) is 30.7 Å². The number of benzene rings is 1. The van der Waals surface area contributed by atoms with Crippen molar-refractivity contribution in [2.45, 2.75) is 25.3 Å². The van der Waals surface area contributed by atoms with Crippen molar-refractivity contribution in [1.82, 2.24) is 29.9 Å². The van der Waals surface area contributed by atoms with Crippen molar-refractivity contribution in [3.8, 4) is 11.4 Å². The van der Waals surface area contributed by atoms with Crippen molar-refractivity contribution in [2.75, 3.05) is 12.4 Å². The van der Waals surface area contributed by atoms with E-state index in [-0.39, 0.29) is 17.9 Å². The van der Waals surface area contributed by atoms with E-state index in [2.05, 4.69) is 30.6 Å². The molecule has 0 spiro atoms. The molecule has 30 heavy (non-hydrogen) atoms. The largest absolute Gasteiger partial charge is 0.497 e. The second-order valence-electron chi connectivity index (χ2n) is 7.41. The molecule has 2 atom stereocenters. The van der Waals surface area contributed by atoms with Crippen LogP contribution >= 0.6 is 0 Å². The van der Waals surface area contributed by atoms with Gasteiger partial charge in [-0.1, -0.05) is 5.21 Å². The minimum Gasteiger partial charge on any atom is -0.497 e. The summed E-state index contributed by atoms with van der Waals surface area (Å²) in [6.07, 6.45) is 5.67. The van der Waals surface area contributed by atoms with Crippen LogP contribution < -0.4 is 15.8 Å². The molecular weight excluding hydrogens is 384 g/mol. The maximum atomic E-state index is 11.4. The van der Waals surface area contributed by atoms with Crippen LogP contribution in [0.3, 0.4) is 0 Å². The third kappa shape index (κ3) is 3.25. The predicted molar refractivity (Wildman–Crippen MR) is 110 cm³/mol. The molecule has 3 heterocycles. The van der Waals surface area contributed by atoms with E-state index >= 15 is 0 Å². The zero-order valence-electron chi connectivity index (χ0n) is 16.3. The third-order valence-corrected chi connectivity index (χ3v) is 5.48. The van der Waals surface area contributed by atoms with E-state index in [0.29, 0.717) is 23.5 Å². The van der Waals surface area contributed by atoms with E-state index in [1.807, 2.05) is 24.3 Å². The zero-order valence-corrected chi connectivity index (χ0v) is 16.3. The molecule has 4 aromatic rings. The molecule has 3 aromatic heterocycles. The molecule has 10 heteroatoms. The van der Waals surface area contributed by atoms with Gasteiger partial charge in [0.25, 0.3) is 0 Å². The SMILES string of the molecule is COc1ccc2cc(-n3nnc4cnc(N[C@@H]5CC[C@@H](C(N)=O)C5)nc43)cnc2c1. The fourth-order valence-electron chi connectivity index (χ4n) is 3.86. The van der Waals surface area contributed by atoms with Crippen LogP contribution in [0.1, 0.15) is 19.3 Å². The van der Waals surface area contributed by atoms with E-state index in [1.165, 1.54) is 0 Å². The second-order valence-corrected chi connectivity index (χ2v) is 7.41. The first-order valence-electron chi connectivity index (χ1n) is 9.69. The average Bonchev–Trinajstić information content (AvgIpc) is 3.40. The molecular formula is C20H20N8O2. The quantitative estimate of drug-likeness (QED) is 0.515. The molecule has 0 bridgehead atoms. The van der Waals surface area contributed by atoms with E-state index in [0.717, 1.165) is 35.2 Å². The molecule has 0 aliphatic heterocycles. The number of aromatic nitrogens is 6. The van der Waals surface area contributed by atoms with Crippen molar-refractivity contribution < 1.29 is 9.53 Å². The fourth-order valence-corrected chi connectivity index (χ4v) is 3.86. The lowest BCUT2D eigenvalue weighted by atomic mass is 10.1. The molecule has 0 radical (unpaired) electrons. The van der Waals surface area contributed by atoms with Crippen LogP contribution in [0.2, 0.25) is 0 Å². The molecule has 0 unspecified atom stereocenters. The number of fused-ring (bicyclic) bond motifs is 2. The van der Waals surface area contributed by atoms with Gasteiger partial charge in [0.1, 0.15) is 5.75 Å². The number of nitrogens with one attached hydrogen (secondary N) is 1. The highest BCUT2D eigenvalue weighted by Gasteiger charge is 2.28. The fraction of sp³-hybridized carbons (Fsp3) is 0.300. The number of hydrogen-bond donors (Lipinski definition) is 2. The van der Waals surface area contributed by atoms with Crippen molar-refractivity contribution in [2.24, 2.45) is 11.7 Å². The van der Waals surface area contributed by atoms with E-state index in [9.17, 15) is 4.79 Å². The van der Waals surface area contributed by atoms with E-state index in [4.69, 9.17) is 10.5 Å². The first-order chi connectivity index (χ1) is 14.6. The van der Waals surface area contributed by atoms with Gasteiger partial charge in [0.2, 0.25) is 11.9 Å². The van der Waals surface area contributed by atoms with Crippen molar-refractivity contribution >= 4 is 33.9 Å². The molecule has 152 valence electrons. The summed E-state index contributed by atoms with van der Waals surface area (Å²) >= 11 is 0. The molecule has 1 aromatic carbocycles. The van der Waals surface area contributed by atoms with Gasteiger partial charge in [-0.2, -0.15) is 9.67 Å². The summed E-state index contributed by atoms with van der Waals surface area (Å²) in [7, 11) is 1.63. The van der Waals surface area contributed by atoms with Crippen LogP contribution in [0.5, 0.6) is 5.75 Å². The Morgan fingerprint density at radius 3 is 2.90 bits per heavy atom. The Morgan fingerprint density at radius 2 is 2.10 bits per heavy atom. The van der Waals surface area contributed by atoms with Gasteiger partial charge in [-0.3, -0.25) is 9.78 Å². The number of nitrogens with zero attached hydrogens (tertiary/aromatic N) is 6. The number of amides is 1. The summed E-state index contributed by atoms with van der Waals surface area (Å²) in [5.74, 6) is 0.877. The maximum Gasteiger partial charge on any atom is 0.225 e. The topological polar surface area (TPSA) is 134 Å². The summed E-state index contributed by atoms with van der Waals surface area (Å²) in [5, 5.41) is 12.6. The minimum absolute atomic E-state index is 0.0966. The van der Waals surface area contributed by atoms with Crippen LogP contribution in [0.25, 0.3) is 27.8 Å². The van der Waals surface area contributed by atoms with Gasteiger partial charge >= 0.3 is 0 Å². The van der Waals surface area contributed by atoms with Crippen molar-refractivity contribution in [3.05, 3.63) is 36.7 Å². The molecule has 10 nitrogen and oxygen atoms in total. The molecule has 1 amide bonds. The maximum absolute atomic E-state index is 11.4. The third-order valence-electron chi connectivity index (χ3n) is 5.48. The van der Waals surface area contributed by atoms with Gasteiger partial charge in [0, 0.05) is 23.4 Å². The number of methoxy groups -OCH3 is 1. The number of carbonyl (C=O) groups is 1. The zero-order chi connectivity index (χ0) is 20.7. The van der Waals surface area contributed by atoms with Gasteiger partial charge in [0.15, 0.2) is 11.2 Å². The number of ether oxygens (including phenoxy) is 1. The number of anilines is 1. The predicted octanol–water partition coefficient (Wildman–Crippen LogP) is 1.83. The van der Waals surface area contributed by atoms with Crippen LogP contribution in [-0.2, 0) is 4.79 Å². The van der Waals surface area contributed by atoms with Gasteiger partial charge in [-0.25, -0.2) is 4.98 Å². The Kier molecular flexibility index (Phi) is 4.38. The molecule has 1 aliphatic carbocycles. The molecule has 1 aliphatic rings. The monoisotopic (exact) mass is 404 g/mol. The number of carbonyl (C=O) groups excluding carboxylic acids is 1. The Bertz CT molecular complexity index is 1250. The van der Waals surface area contributed by atoms with Crippen LogP contribution in [-0.4, -0.2) is 49.0 Å². The lowest BCUT2D eigenvalue weighted by molar-refractivity contribution is -0.121. The van der Waals surface area contributed by atoms with E-state index < -0.39 is 0 Å². The van der Waals surface area contributed by atoms with Gasteiger partial charge < -0.3 is 15.8 Å². The molecule has 5 rings (SSSR count). The standard InChI is InChI=1S/C20H20N8O2/c1-30-15-5-3-11-7-14(9-22-16(11)8-15)28-19-17(26-27-28)10-23-20(25-19)24-13-4-2-12(6-13)18(21)29/h3,5,7-10,12-13H,2,4,6H2,1H3,(H2,21,29)(H,23,24,25)/t12-,13-/m1/s1. The second kappa shape index (κ2) is 7.21. The Labute approximate surface area is 171 Å². The Balaban J connectivity index is 1.46. The summed E-state index contributed by atoms with van der Waals surface area (Å²) in [4.78, 5) is 24.8. The average molecular weight is 404 g/mol. The number of pyridine rings is 1. The first kappa shape index (κ1) is 18.2. The van der Waals surface area contributed by atoms with Crippen LogP contribution in [0.4, 0.5) is 5.95 Å². The smallest absolute Gasteiger partial charge is 0.225 e. The Morgan fingerprint density at radius 1 is 1.20 bits per heavy atom. The van der Waals surface area contributed by atoms with Gasteiger partial charge in [-0.05, 0) is 37.5 Å². The first-order valence-corrected chi connectivity index (χ1v) is 9.69. The van der Waals surface area contributed by atoms with Crippen molar-refractivity contribution in [1.29, 1.82) is 0 Å². The molecule has 1 fully saturated rings. The summed E-state index contributed by atoms with van der Waals surface area (Å²) in [6, 6.07) is 7.80. The van der Waals surface area contributed by atoms with Crippen LogP contribution in [0.15, 0.2) is 36.7 Å². The number of hydrogen-bond acceptors (Lipinski definition) is 8. The number of primary amides is 1. The lowest BCUT2D eigenvalue weighted by Crippen LogP contribution is -2.23.